The Hall–Kier alpha value is -2.70. The van der Waals surface area contributed by atoms with Crippen molar-refractivity contribution in [3.63, 3.8) is 0 Å². The zero-order valence-corrected chi connectivity index (χ0v) is 14.1. The highest BCUT2D eigenvalue weighted by Gasteiger charge is 2.06. The molecule has 1 aromatic heterocycles. The molecule has 0 bridgehead atoms. The number of carbonyl (C=O) groups excluding carboxylic acids is 1. The third kappa shape index (κ3) is 4.23. The molecule has 1 amide bonds. The molecule has 7 heteroatoms. The first-order chi connectivity index (χ1) is 12.1. The third-order valence-electron chi connectivity index (χ3n) is 3.76. The standard InChI is InChI=1S/C18H17ClN4O2/c19-13-7-5-12(6-8-13)17(24)21-10-9-20-11-16-14-3-1-2-4-15(14)18(25)23-22-16/h1-8,20H,9-11H2,(H,21,24)(H,23,25). The Morgan fingerprint density at radius 2 is 1.76 bits per heavy atom. The molecule has 0 unspecified atom stereocenters. The van der Waals surface area contributed by atoms with Gasteiger partial charge in [0, 0.05) is 35.6 Å². The lowest BCUT2D eigenvalue weighted by atomic mass is 10.1. The number of aromatic nitrogens is 2. The van der Waals surface area contributed by atoms with Crippen molar-refractivity contribution in [3.05, 3.63) is 75.2 Å². The van der Waals surface area contributed by atoms with Gasteiger partial charge in [0.15, 0.2) is 0 Å². The number of nitrogens with one attached hydrogen (secondary N) is 3. The van der Waals surface area contributed by atoms with Crippen molar-refractivity contribution in [1.82, 2.24) is 20.8 Å². The van der Waals surface area contributed by atoms with Crippen molar-refractivity contribution in [3.8, 4) is 0 Å². The van der Waals surface area contributed by atoms with E-state index in [1.807, 2.05) is 18.2 Å². The maximum absolute atomic E-state index is 12.0. The van der Waals surface area contributed by atoms with Gasteiger partial charge in [-0.15, -0.1) is 0 Å². The fourth-order valence-corrected chi connectivity index (χ4v) is 2.61. The van der Waals surface area contributed by atoms with Crippen LogP contribution in [0.3, 0.4) is 0 Å². The molecule has 3 N–H and O–H groups in total. The van der Waals surface area contributed by atoms with E-state index < -0.39 is 0 Å². The molecule has 0 aliphatic rings. The summed E-state index contributed by atoms with van der Waals surface area (Å²) in [4.78, 5) is 23.7. The first-order valence-corrected chi connectivity index (χ1v) is 8.24. The molecule has 0 saturated heterocycles. The van der Waals surface area contributed by atoms with Crippen LogP contribution in [0.2, 0.25) is 5.02 Å². The van der Waals surface area contributed by atoms with Gasteiger partial charge in [0.1, 0.15) is 0 Å². The van der Waals surface area contributed by atoms with Gasteiger partial charge in [-0.1, -0.05) is 29.8 Å². The van der Waals surface area contributed by atoms with Crippen LogP contribution in [-0.2, 0) is 6.54 Å². The summed E-state index contributed by atoms with van der Waals surface area (Å²) in [5, 5.41) is 14.7. The minimum atomic E-state index is -0.199. The summed E-state index contributed by atoms with van der Waals surface area (Å²) in [6.07, 6.45) is 0. The maximum atomic E-state index is 12.0. The molecule has 0 aliphatic carbocycles. The van der Waals surface area contributed by atoms with Crippen LogP contribution < -0.4 is 16.2 Å². The topological polar surface area (TPSA) is 86.9 Å². The lowest BCUT2D eigenvalue weighted by Gasteiger charge is -2.08. The van der Waals surface area contributed by atoms with Crippen LogP contribution in [0.25, 0.3) is 10.8 Å². The summed E-state index contributed by atoms with van der Waals surface area (Å²) >= 11 is 5.80. The zero-order chi connectivity index (χ0) is 17.6. The van der Waals surface area contributed by atoms with Crippen LogP contribution >= 0.6 is 11.6 Å². The fraction of sp³-hybridized carbons (Fsp3) is 0.167. The van der Waals surface area contributed by atoms with Crippen molar-refractivity contribution in [1.29, 1.82) is 0 Å². The molecule has 6 nitrogen and oxygen atoms in total. The molecule has 0 saturated carbocycles. The van der Waals surface area contributed by atoms with Gasteiger partial charge >= 0.3 is 0 Å². The third-order valence-corrected chi connectivity index (χ3v) is 4.01. The van der Waals surface area contributed by atoms with Gasteiger partial charge in [0.05, 0.1) is 11.1 Å². The van der Waals surface area contributed by atoms with Gasteiger partial charge in [0.2, 0.25) is 0 Å². The second kappa shape index (κ2) is 7.92. The van der Waals surface area contributed by atoms with Crippen molar-refractivity contribution in [2.75, 3.05) is 13.1 Å². The predicted octanol–water partition coefficient (Wildman–Crippen LogP) is 2.10. The molecule has 0 radical (unpaired) electrons. The number of benzene rings is 2. The highest BCUT2D eigenvalue weighted by Crippen LogP contribution is 2.12. The van der Waals surface area contributed by atoms with Crippen LogP contribution in [0, 0.1) is 0 Å². The van der Waals surface area contributed by atoms with E-state index in [0.717, 1.165) is 11.1 Å². The number of hydrogen-bond acceptors (Lipinski definition) is 4. The van der Waals surface area contributed by atoms with Crippen molar-refractivity contribution in [2.24, 2.45) is 0 Å². The van der Waals surface area contributed by atoms with E-state index in [2.05, 4.69) is 20.8 Å². The van der Waals surface area contributed by atoms with E-state index in [4.69, 9.17) is 11.6 Å². The summed E-state index contributed by atoms with van der Waals surface area (Å²) in [5.74, 6) is -0.147. The Morgan fingerprint density at radius 1 is 1.04 bits per heavy atom. The molecule has 0 atom stereocenters. The Bertz CT molecular complexity index is 938. The normalized spacial score (nSPS) is 10.8. The van der Waals surface area contributed by atoms with Crippen LogP contribution in [0.15, 0.2) is 53.3 Å². The molecule has 0 aliphatic heterocycles. The molecule has 3 aromatic rings. The number of aromatic amines is 1. The highest BCUT2D eigenvalue weighted by atomic mass is 35.5. The first kappa shape index (κ1) is 17.1. The van der Waals surface area contributed by atoms with E-state index in [1.165, 1.54) is 0 Å². The molecular weight excluding hydrogens is 340 g/mol. The lowest BCUT2D eigenvalue weighted by molar-refractivity contribution is 0.0954. The number of H-pyrrole nitrogens is 1. The van der Waals surface area contributed by atoms with Crippen LogP contribution in [-0.4, -0.2) is 29.2 Å². The minimum absolute atomic E-state index is 0.147. The fourth-order valence-electron chi connectivity index (χ4n) is 2.48. The largest absolute Gasteiger partial charge is 0.351 e. The maximum Gasteiger partial charge on any atom is 0.272 e. The van der Waals surface area contributed by atoms with Gasteiger partial charge in [-0.3, -0.25) is 9.59 Å². The van der Waals surface area contributed by atoms with E-state index in [1.54, 1.807) is 30.3 Å². The number of fused-ring (bicyclic) bond motifs is 1. The molecule has 25 heavy (non-hydrogen) atoms. The van der Waals surface area contributed by atoms with Gasteiger partial charge in [-0.05, 0) is 30.3 Å². The summed E-state index contributed by atoms with van der Waals surface area (Å²) < 4.78 is 0. The Balaban J connectivity index is 1.51. The molecule has 2 aromatic carbocycles. The van der Waals surface area contributed by atoms with Crippen molar-refractivity contribution < 1.29 is 4.79 Å². The molecule has 0 spiro atoms. The molecule has 0 fully saturated rings. The highest BCUT2D eigenvalue weighted by molar-refractivity contribution is 6.30. The van der Waals surface area contributed by atoms with Gasteiger partial charge in [-0.2, -0.15) is 5.10 Å². The average molecular weight is 357 g/mol. The predicted molar refractivity (Wildman–Crippen MR) is 97.9 cm³/mol. The molecule has 1 heterocycles. The second-order valence-corrected chi connectivity index (χ2v) is 5.92. The number of nitrogens with zero attached hydrogens (tertiary/aromatic N) is 1. The summed E-state index contributed by atoms with van der Waals surface area (Å²) in [5.41, 5.74) is 1.13. The van der Waals surface area contributed by atoms with Crippen molar-refractivity contribution in [2.45, 2.75) is 6.54 Å². The van der Waals surface area contributed by atoms with Crippen LogP contribution in [0.5, 0.6) is 0 Å². The van der Waals surface area contributed by atoms with E-state index in [0.29, 0.717) is 35.6 Å². The SMILES string of the molecule is O=C(NCCNCc1n[nH]c(=O)c2ccccc12)c1ccc(Cl)cc1. The number of amides is 1. The van der Waals surface area contributed by atoms with Crippen molar-refractivity contribution >= 4 is 28.3 Å². The number of rotatable bonds is 6. The van der Waals surface area contributed by atoms with Gasteiger partial charge < -0.3 is 10.6 Å². The van der Waals surface area contributed by atoms with E-state index in [-0.39, 0.29) is 11.5 Å². The van der Waals surface area contributed by atoms with E-state index in [9.17, 15) is 9.59 Å². The minimum Gasteiger partial charge on any atom is -0.351 e. The average Bonchev–Trinajstić information content (AvgIpc) is 2.64. The molecular formula is C18H17ClN4O2. The Morgan fingerprint density at radius 3 is 2.52 bits per heavy atom. The lowest BCUT2D eigenvalue weighted by Crippen LogP contribution is -2.32. The molecule has 128 valence electrons. The number of carbonyl (C=O) groups is 1. The number of hydrogen-bond donors (Lipinski definition) is 3. The zero-order valence-electron chi connectivity index (χ0n) is 13.4. The first-order valence-electron chi connectivity index (χ1n) is 7.86. The summed E-state index contributed by atoms with van der Waals surface area (Å²) in [6.45, 7) is 1.55. The molecule has 3 rings (SSSR count). The number of halogens is 1. The van der Waals surface area contributed by atoms with Gasteiger partial charge in [-0.25, -0.2) is 5.10 Å². The van der Waals surface area contributed by atoms with Crippen LogP contribution in [0.1, 0.15) is 16.1 Å². The van der Waals surface area contributed by atoms with Crippen LogP contribution in [0.4, 0.5) is 0 Å². The summed E-state index contributed by atoms with van der Waals surface area (Å²) in [7, 11) is 0. The smallest absolute Gasteiger partial charge is 0.272 e. The quantitative estimate of drug-likeness (QED) is 0.590. The van der Waals surface area contributed by atoms with Gasteiger partial charge in [0.25, 0.3) is 11.5 Å². The monoisotopic (exact) mass is 356 g/mol. The summed E-state index contributed by atoms with van der Waals surface area (Å²) in [6, 6.07) is 14.1. The Kier molecular flexibility index (Phi) is 5.42. The second-order valence-electron chi connectivity index (χ2n) is 5.48. The van der Waals surface area contributed by atoms with E-state index >= 15 is 0 Å². The Labute approximate surface area is 149 Å².